The topological polar surface area (TPSA) is 120 Å². The number of nitrogens with two attached hydrogens (primary N) is 2. The lowest BCUT2D eigenvalue weighted by Gasteiger charge is -1.96. The third-order valence-corrected chi connectivity index (χ3v) is 1.90. The predicted octanol–water partition coefficient (Wildman–Crippen LogP) is 0.856. The van der Waals surface area contributed by atoms with Gasteiger partial charge in [-0.2, -0.15) is 5.10 Å². The molecule has 0 saturated heterocycles. The molecule has 0 aliphatic carbocycles. The highest BCUT2D eigenvalue weighted by Gasteiger charge is 2.07. The Bertz CT molecular complexity index is 467. The van der Waals surface area contributed by atoms with Gasteiger partial charge in [-0.05, 0) is 6.07 Å². The number of hydrogen-bond donors (Lipinski definition) is 2. The summed E-state index contributed by atoms with van der Waals surface area (Å²) in [6, 6.07) is 3.96. The Hall–Kier alpha value is -2.15. The number of benzene rings is 1. The second-order valence-electron chi connectivity index (χ2n) is 2.73. The Morgan fingerprint density at radius 3 is 2.75 bits per heavy atom. The molecule has 84 valence electrons. The van der Waals surface area contributed by atoms with Gasteiger partial charge in [-0.25, -0.2) is 0 Å². The number of nitro groups is 1. The summed E-state index contributed by atoms with van der Waals surface area (Å²) in [4.78, 5) is 9.96. The van der Waals surface area contributed by atoms with Gasteiger partial charge < -0.3 is 11.5 Å². The lowest BCUT2D eigenvalue weighted by Crippen LogP contribution is -2.21. The van der Waals surface area contributed by atoms with Gasteiger partial charge in [0.1, 0.15) is 0 Å². The van der Waals surface area contributed by atoms with Gasteiger partial charge in [0.15, 0.2) is 0 Å². The van der Waals surface area contributed by atoms with Crippen LogP contribution in [0.15, 0.2) is 28.4 Å². The third kappa shape index (κ3) is 3.21. The van der Waals surface area contributed by atoms with Gasteiger partial charge in [-0.15, -0.1) is 5.10 Å². The fraction of sp³-hybridized carbons (Fsp3) is 0. The number of hydrogen-bond acceptors (Lipinski definition) is 4. The number of halogens is 1. The van der Waals surface area contributed by atoms with E-state index in [1.54, 1.807) is 0 Å². The quantitative estimate of drug-likeness (QED) is 0.353. The van der Waals surface area contributed by atoms with E-state index in [0.29, 0.717) is 10.6 Å². The van der Waals surface area contributed by atoms with Crippen molar-refractivity contribution in [3.63, 3.8) is 0 Å². The van der Waals surface area contributed by atoms with Crippen LogP contribution in [0.25, 0.3) is 0 Å². The van der Waals surface area contributed by atoms with Crippen molar-refractivity contribution in [1.82, 2.24) is 0 Å². The fourth-order valence-electron chi connectivity index (χ4n) is 0.901. The first-order valence-corrected chi connectivity index (χ1v) is 4.44. The van der Waals surface area contributed by atoms with E-state index in [0.717, 1.165) is 0 Å². The van der Waals surface area contributed by atoms with Crippen LogP contribution in [0.4, 0.5) is 5.69 Å². The van der Waals surface area contributed by atoms with Crippen molar-refractivity contribution in [2.45, 2.75) is 0 Å². The molecule has 0 fully saturated rings. The second kappa shape index (κ2) is 5.08. The highest BCUT2D eigenvalue weighted by Crippen LogP contribution is 2.20. The molecule has 1 rings (SSSR count). The number of rotatable bonds is 3. The maximum Gasteiger partial charge on any atom is 0.270 e. The van der Waals surface area contributed by atoms with Crippen LogP contribution in [0.1, 0.15) is 5.56 Å². The normalized spacial score (nSPS) is 10.3. The molecule has 0 aromatic heterocycles. The molecule has 16 heavy (non-hydrogen) atoms. The minimum absolute atomic E-state index is 0.0875. The molecule has 0 radical (unpaired) electrons. The van der Waals surface area contributed by atoms with Gasteiger partial charge in [0.25, 0.3) is 5.69 Å². The average molecular weight is 242 g/mol. The van der Waals surface area contributed by atoms with Crippen molar-refractivity contribution in [3.8, 4) is 0 Å². The van der Waals surface area contributed by atoms with Crippen molar-refractivity contribution >= 4 is 29.5 Å². The van der Waals surface area contributed by atoms with E-state index in [1.807, 2.05) is 0 Å². The molecular formula is C8H8ClN5O2. The molecule has 0 atom stereocenters. The smallest absolute Gasteiger partial charge is 0.270 e. The lowest BCUT2D eigenvalue weighted by molar-refractivity contribution is -0.384. The number of non-ortho nitro benzene ring substituents is 1. The van der Waals surface area contributed by atoms with E-state index in [9.17, 15) is 10.1 Å². The van der Waals surface area contributed by atoms with Crippen LogP contribution in [0.2, 0.25) is 5.02 Å². The van der Waals surface area contributed by atoms with Crippen LogP contribution in [0.3, 0.4) is 0 Å². The molecule has 0 heterocycles. The zero-order valence-corrected chi connectivity index (χ0v) is 8.76. The molecule has 0 unspecified atom stereocenters. The van der Waals surface area contributed by atoms with Gasteiger partial charge in [0.2, 0.25) is 5.96 Å². The molecule has 0 spiro atoms. The summed E-state index contributed by atoms with van der Waals surface area (Å²) < 4.78 is 0. The van der Waals surface area contributed by atoms with E-state index >= 15 is 0 Å². The first kappa shape index (κ1) is 11.9. The number of nitrogens with zero attached hydrogens (tertiary/aromatic N) is 3. The van der Waals surface area contributed by atoms with Crippen LogP contribution in [0, 0.1) is 10.1 Å². The summed E-state index contributed by atoms with van der Waals surface area (Å²) in [5, 5.41) is 17.7. The minimum Gasteiger partial charge on any atom is -0.369 e. The van der Waals surface area contributed by atoms with Gasteiger partial charge >= 0.3 is 0 Å². The van der Waals surface area contributed by atoms with Crippen LogP contribution < -0.4 is 11.5 Å². The van der Waals surface area contributed by atoms with Crippen molar-refractivity contribution in [3.05, 3.63) is 38.9 Å². The van der Waals surface area contributed by atoms with E-state index in [-0.39, 0.29) is 11.6 Å². The largest absolute Gasteiger partial charge is 0.369 e. The molecule has 0 bridgehead atoms. The summed E-state index contributed by atoms with van der Waals surface area (Å²) in [7, 11) is 0. The van der Waals surface area contributed by atoms with Crippen molar-refractivity contribution in [1.29, 1.82) is 0 Å². The van der Waals surface area contributed by atoms with Crippen molar-refractivity contribution < 1.29 is 4.92 Å². The molecule has 1 aromatic rings. The molecule has 1 aromatic carbocycles. The van der Waals surface area contributed by atoms with Crippen molar-refractivity contribution in [2.24, 2.45) is 21.7 Å². The highest BCUT2D eigenvalue weighted by molar-refractivity contribution is 6.33. The summed E-state index contributed by atoms with van der Waals surface area (Å²) in [6.07, 6.45) is 1.23. The first-order chi connectivity index (χ1) is 7.50. The summed E-state index contributed by atoms with van der Waals surface area (Å²) in [5.74, 6) is -0.210. The Labute approximate surface area is 95.6 Å². The molecule has 0 aliphatic heterocycles. The first-order valence-electron chi connectivity index (χ1n) is 4.06. The standard InChI is InChI=1S/C8H8ClN5O2/c9-7-2-1-6(14(15)16)3-5(7)4-12-13-8(10)11/h1-4H,(H4,10,11,13). The monoisotopic (exact) mass is 241 g/mol. The van der Waals surface area contributed by atoms with E-state index < -0.39 is 4.92 Å². The summed E-state index contributed by atoms with van der Waals surface area (Å²) in [5.41, 5.74) is 10.4. The minimum atomic E-state index is -0.534. The van der Waals surface area contributed by atoms with Crippen LogP contribution >= 0.6 is 11.6 Å². The Morgan fingerprint density at radius 2 is 2.19 bits per heavy atom. The number of guanidine groups is 1. The molecule has 0 amide bonds. The Kier molecular flexibility index (Phi) is 3.78. The SMILES string of the molecule is NC(N)=NN=Cc1cc([N+](=O)[O-])ccc1Cl. The molecule has 4 N–H and O–H groups in total. The molecular weight excluding hydrogens is 234 g/mol. The third-order valence-electron chi connectivity index (χ3n) is 1.56. The predicted molar refractivity (Wildman–Crippen MR) is 61.5 cm³/mol. The van der Waals surface area contributed by atoms with Crippen LogP contribution in [-0.4, -0.2) is 17.1 Å². The van der Waals surface area contributed by atoms with Crippen LogP contribution in [0.5, 0.6) is 0 Å². The van der Waals surface area contributed by atoms with Gasteiger partial charge in [-0.1, -0.05) is 11.6 Å². The Balaban J connectivity index is 3.03. The molecule has 0 aliphatic rings. The van der Waals surface area contributed by atoms with Crippen molar-refractivity contribution in [2.75, 3.05) is 0 Å². The summed E-state index contributed by atoms with van der Waals surface area (Å²) >= 11 is 5.79. The summed E-state index contributed by atoms with van der Waals surface area (Å²) in [6.45, 7) is 0. The van der Waals surface area contributed by atoms with E-state index in [2.05, 4.69) is 10.2 Å². The fourth-order valence-corrected chi connectivity index (χ4v) is 1.07. The van der Waals surface area contributed by atoms with E-state index in [1.165, 1.54) is 24.4 Å². The van der Waals surface area contributed by atoms with Crippen LogP contribution in [-0.2, 0) is 0 Å². The maximum absolute atomic E-state index is 10.5. The zero-order chi connectivity index (χ0) is 12.1. The molecule has 8 heteroatoms. The van der Waals surface area contributed by atoms with E-state index in [4.69, 9.17) is 23.1 Å². The Morgan fingerprint density at radius 1 is 1.50 bits per heavy atom. The number of nitro benzene ring substituents is 1. The molecule has 7 nitrogen and oxygen atoms in total. The van der Waals surface area contributed by atoms with Gasteiger partial charge in [0, 0.05) is 22.7 Å². The second-order valence-corrected chi connectivity index (χ2v) is 3.14. The van der Waals surface area contributed by atoms with Gasteiger partial charge in [-0.3, -0.25) is 10.1 Å². The molecule has 0 saturated carbocycles. The highest BCUT2D eigenvalue weighted by atomic mass is 35.5. The van der Waals surface area contributed by atoms with Gasteiger partial charge in [0.05, 0.1) is 11.1 Å². The maximum atomic E-state index is 10.5. The lowest BCUT2D eigenvalue weighted by atomic mass is 10.2. The zero-order valence-electron chi connectivity index (χ0n) is 8.00. The average Bonchev–Trinajstić information content (AvgIpc) is 2.20.